The molecule has 0 aromatic heterocycles. The first-order valence-electron chi connectivity index (χ1n) is 13.3. The van der Waals surface area contributed by atoms with E-state index in [0.29, 0.717) is 0 Å². The van der Waals surface area contributed by atoms with Gasteiger partial charge in [-0.25, -0.2) is 0 Å². The predicted molar refractivity (Wildman–Crippen MR) is 143 cm³/mol. The maximum absolute atomic E-state index is 6.70. The van der Waals surface area contributed by atoms with Gasteiger partial charge in [-0.05, 0) is 87.8 Å². The molecule has 2 rings (SSSR count). The summed E-state index contributed by atoms with van der Waals surface area (Å²) < 4.78 is 12.3. The van der Waals surface area contributed by atoms with Gasteiger partial charge >= 0.3 is 0 Å². The van der Waals surface area contributed by atoms with Crippen LogP contribution in [0.25, 0.3) is 0 Å². The minimum Gasteiger partial charge on any atom is -0.487 e. The van der Waals surface area contributed by atoms with Crippen LogP contribution in [-0.4, -0.2) is 5.60 Å². The Morgan fingerprint density at radius 3 is 1.97 bits per heavy atom. The van der Waals surface area contributed by atoms with Gasteiger partial charge in [-0.2, -0.15) is 0 Å². The molecule has 4 unspecified atom stereocenters. The molecule has 1 heterocycles. The number of benzene rings is 1. The van der Waals surface area contributed by atoms with Crippen LogP contribution in [0.15, 0.2) is 0 Å². The molecule has 0 spiro atoms. The lowest BCUT2D eigenvalue weighted by molar-refractivity contribution is 0.0512. The molecule has 0 fully saturated rings. The molecule has 0 saturated carbocycles. The van der Waals surface area contributed by atoms with Crippen LogP contribution in [0.2, 0.25) is 0 Å². The Balaban J connectivity index is 1.77. The molecule has 0 radical (unpaired) electrons. The van der Waals surface area contributed by atoms with Crippen molar-refractivity contribution >= 4 is 9.47 Å². The predicted octanol–water partition coefficient (Wildman–Crippen LogP) is 9.30. The molecular weight excluding hydrogens is 411 g/mol. The SMILES string of the molecule is Cc1c(C)c2c(c(C)c1OP)CCC(C)(CCCC(C)CCCC(C)CCCC(C)C)O2. The Morgan fingerprint density at radius 2 is 1.41 bits per heavy atom. The average Bonchev–Trinajstić information content (AvgIpc) is 2.72. The molecule has 32 heavy (non-hydrogen) atoms. The van der Waals surface area contributed by atoms with Crippen LogP contribution in [-0.2, 0) is 6.42 Å². The van der Waals surface area contributed by atoms with Gasteiger partial charge in [0.1, 0.15) is 17.1 Å². The van der Waals surface area contributed by atoms with Crippen molar-refractivity contribution in [3.63, 3.8) is 0 Å². The molecule has 4 atom stereocenters. The summed E-state index contributed by atoms with van der Waals surface area (Å²) in [7, 11) is 2.41. The van der Waals surface area contributed by atoms with E-state index in [0.717, 1.165) is 48.5 Å². The highest BCUT2D eigenvalue weighted by atomic mass is 31.0. The molecule has 2 nitrogen and oxygen atoms in total. The third-order valence-corrected chi connectivity index (χ3v) is 8.19. The molecule has 0 bridgehead atoms. The maximum atomic E-state index is 6.70. The van der Waals surface area contributed by atoms with Crippen molar-refractivity contribution < 1.29 is 9.26 Å². The van der Waals surface area contributed by atoms with Gasteiger partial charge < -0.3 is 9.26 Å². The molecule has 3 heteroatoms. The standard InChI is InChI=1S/C29H51O2P/c1-20(2)12-9-13-21(3)14-10-15-22(4)16-11-18-29(8)19-17-26-25(7)27(31-32)23(5)24(6)28(26)30-29/h20-22H,9-19,32H2,1-8H3. The molecule has 0 aliphatic carbocycles. The molecule has 1 aromatic rings. The summed E-state index contributed by atoms with van der Waals surface area (Å²) in [4.78, 5) is 0. The van der Waals surface area contributed by atoms with Crippen LogP contribution < -0.4 is 9.26 Å². The van der Waals surface area contributed by atoms with E-state index < -0.39 is 0 Å². The Hall–Kier alpha value is -0.750. The summed E-state index contributed by atoms with van der Waals surface area (Å²) in [5, 5.41) is 0. The van der Waals surface area contributed by atoms with E-state index in [1.165, 1.54) is 73.6 Å². The van der Waals surface area contributed by atoms with E-state index in [1.54, 1.807) is 0 Å². The first-order chi connectivity index (χ1) is 15.1. The quantitative estimate of drug-likeness (QED) is 0.272. The molecule has 1 aliphatic heterocycles. The molecule has 0 N–H and O–H groups in total. The van der Waals surface area contributed by atoms with Gasteiger partial charge in [0.05, 0.1) is 9.47 Å². The van der Waals surface area contributed by atoms with Gasteiger partial charge in [0.15, 0.2) is 0 Å². The first kappa shape index (κ1) is 27.5. The van der Waals surface area contributed by atoms with Crippen molar-refractivity contribution in [2.24, 2.45) is 17.8 Å². The Bertz CT molecular complexity index is 727. The number of hydrogen-bond donors (Lipinski definition) is 0. The minimum atomic E-state index is -0.0371. The van der Waals surface area contributed by atoms with E-state index in [1.807, 2.05) is 0 Å². The smallest absolute Gasteiger partial charge is 0.129 e. The van der Waals surface area contributed by atoms with Crippen molar-refractivity contribution in [1.29, 1.82) is 0 Å². The average molecular weight is 463 g/mol. The lowest BCUT2D eigenvalue weighted by Gasteiger charge is -2.38. The highest BCUT2D eigenvalue weighted by Crippen LogP contribution is 2.45. The number of rotatable bonds is 13. The second-order valence-corrected chi connectivity index (χ2v) is 11.8. The van der Waals surface area contributed by atoms with Crippen molar-refractivity contribution in [2.75, 3.05) is 0 Å². The molecule has 184 valence electrons. The lowest BCUT2D eigenvalue weighted by Crippen LogP contribution is -2.37. The van der Waals surface area contributed by atoms with E-state index in [9.17, 15) is 0 Å². The number of ether oxygens (including phenoxy) is 1. The van der Waals surface area contributed by atoms with Crippen molar-refractivity contribution in [3.05, 3.63) is 22.3 Å². The Kier molecular flexibility index (Phi) is 10.9. The fourth-order valence-corrected chi connectivity index (χ4v) is 5.79. The fraction of sp³-hybridized carbons (Fsp3) is 0.793. The Morgan fingerprint density at radius 1 is 0.844 bits per heavy atom. The summed E-state index contributed by atoms with van der Waals surface area (Å²) in [5.41, 5.74) is 4.99. The highest BCUT2D eigenvalue weighted by molar-refractivity contribution is 7.10. The van der Waals surface area contributed by atoms with Crippen molar-refractivity contribution in [2.45, 2.75) is 132 Å². The monoisotopic (exact) mass is 462 g/mol. The van der Waals surface area contributed by atoms with E-state index in [4.69, 9.17) is 9.26 Å². The molecule has 1 aliphatic rings. The van der Waals surface area contributed by atoms with Crippen LogP contribution in [0, 0.1) is 38.5 Å². The minimum absolute atomic E-state index is 0.0371. The summed E-state index contributed by atoms with van der Waals surface area (Å²) in [6.45, 7) is 18.4. The van der Waals surface area contributed by atoms with Gasteiger partial charge in [-0.1, -0.05) is 72.6 Å². The van der Waals surface area contributed by atoms with Crippen molar-refractivity contribution in [1.82, 2.24) is 0 Å². The summed E-state index contributed by atoms with van der Waals surface area (Å²) in [6.07, 6.45) is 14.3. The van der Waals surface area contributed by atoms with Crippen LogP contribution in [0.4, 0.5) is 0 Å². The van der Waals surface area contributed by atoms with E-state index in [-0.39, 0.29) is 5.60 Å². The van der Waals surface area contributed by atoms with Crippen LogP contribution >= 0.6 is 9.47 Å². The third-order valence-electron chi connectivity index (χ3n) is 7.96. The number of hydrogen-bond acceptors (Lipinski definition) is 2. The lowest BCUT2D eigenvalue weighted by atomic mass is 9.84. The van der Waals surface area contributed by atoms with Crippen molar-refractivity contribution in [3.8, 4) is 11.5 Å². The largest absolute Gasteiger partial charge is 0.487 e. The molecule has 0 amide bonds. The van der Waals surface area contributed by atoms with Crippen LogP contribution in [0.1, 0.15) is 121 Å². The highest BCUT2D eigenvalue weighted by Gasteiger charge is 2.34. The van der Waals surface area contributed by atoms with Gasteiger partial charge in [0.2, 0.25) is 0 Å². The number of fused-ring (bicyclic) bond motifs is 1. The van der Waals surface area contributed by atoms with E-state index in [2.05, 4.69) is 64.9 Å². The van der Waals surface area contributed by atoms with E-state index >= 15 is 0 Å². The van der Waals surface area contributed by atoms with Crippen LogP contribution in [0.3, 0.4) is 0 Å². The zero-order chi connectivity index (χ0) is 23.9. The zero-order valence-electron chi connectivity index (χ0n) is 22.4. The summed E-state index contributed by atoms with van der Waals surface area (Å²) in [6, 6.07) is 0. The fourth-order valence-electron chi connectivity index (χ4n) is 5.44. The van der Waals surface area contributed by atoms with Gasteiger partial charge in [-0.15, -0.1) is 0 Å². The van der Waals surface area contributed by atoms with Gasteiger partial charge in [0, 0.05) is 5.56 Å². The van der Waals surface area contributed by atoms with Gasteiger partial charge in [-0.3, -0.25) is 0 Å². The topological polar surface area (TPSA) is 18.5 Å². The second kappa shape index (κ2) is 12.6. The molecule has 0 saturated heterocycles. The molecular formula is C29H51O2P. The summed E-state index contributed by atoms with van der Waals surface area (Å²) >= 11 is 0. The first-order valence-corrected chi connectivity index (χ1v) is 13.7. The third kappa shape index (κ3) is 7.65. The second-order valence-electron chi connectivity index (χ2n) is 11.5. The zero-order valence-corrected chi connectivity index (χ0v) is 23.6. The van der Waals surface area contributed by atoms with Crippen LogP contribution in [0.5, 0.6) is 11.5 Å². The van der Waals surface area contributed by atoms with Gasteiger partial charge in [0.25, 0.3) is 0 Å². The normalized spacial score (nSPS) is 20.1. The summed E-state index contributed by atoms with van der Waals surface area (Å²) in [5.74, 6) is 4.69. The molecule has 1 aromatic carbocycles. The maximum Gasteiger partial charge on any atom is 0.129 e. The Labute approximate surface area is 201 Å².